The van der Waals surface area contributed by atoms with E-state index in [9.17, 15) is 4.79 Å². The number of carbonyl (C=O) groups excluding carboxylic acids is 1. The van der Waals surface area contributed by atoms with Crippen molar-refractivity contribution in [2.75, 3.05) is 13.1 Å². The molecule has 3 heteroatoms. The van der Waals surface area contributed by atoms with Crippen molar-refractivity contribution < 1.29 is 4.79 Å². The lowest BCUT2D eigenvalue weighted by molar-refractivity contribution is -0.138. The average Bonchev–Trinajstić information content (AvgIpc) is 2.27. The second-order valence-electron chi connectivity index (χ2n) is 5.92. The van der Waals surface area contributed by atoms with E-state index >= 15 is 0 Å². The SMILES string of the molecule is CC1=CCCN(C(=O)C2(N)CCCC(C)C2)C1. The topological polar surface area (TPSA) is 46.3 Å². The Balaban J connectivity index is 2.06. The number of amides is 1. The second-order valence-corrected chi connectivity index (χ2v) is 5.92. The van der Waals surface area contributed by atoms with E-state index in [1.165, 1.54) is 12.0 Å². The van der Waals surface area contributed by atoms with Crippen LogP contribution in [0, 0.1) is 5.92 Å². The maximum Gasteiger partial charge on any atom is 0.242 e. The Morgan fingerprint density at radius 3 is 3.00 bits per heavy atom. The van der Waals surface area contributed by atoms with Gasteiger partial charge < -0.3 is 10.6 Å². The number of nitrogens with zero attached hydrogens (tertiary/aromatic N) is 1. The Labute approximate surface area is 104 Å². The highest BCUT2D eigenvalue weighted by atomic mass is 16.2. The number of hydrogen-bond acceptors (Lipinski definition) is 2. The lowest BCUT2D eigenvalue weighted by Gasteiger charge is -2.40. The van der Waals surface area contributed by atoms with Gasteiger partial charge in [-0.2, -0.15) is 0 Å². The van der Waals surface area contributed by atoms with Crippen molar-refractivity contribution in [2.24, 2.45) is 11.7 Å². The van der Waals surface area contributed by atoms with Crippen molar-refractivity contribution in [2.45, 2.75) is 51.5 Å². The maximum absolute atomic E-state index is 12.5. The van der Waals surface area contributed by atoms with Crippen LogP contribution >= 0.6 is 0 Å². The summed E-state index contributed by atoms with van der Waals surface area (Å²) in [6, 6.07) is 0. The second kappa shape index (κ2) is 4.81. The summed E-state index contributed by atoms with van der Waals surface area (Å²) in [6.07, 6.45) is 7.21. The lowest BCUT2D eigenvalue weighted by atomic mass is 9.76. The monoisotopic (exact) mass is 236 g/mol. The van der Waals surface area contributed by atoms with Gasteiger partial charge in [-0.1, -0.05) is 31.4 Å². The molecule has 1 fully saturated rings. The summed E-state index contributed by atoms with van der Waals surface area (Å²) < 4.78 is 0. The summed E-state index contributed by atoms with van der Waals surface area (Å²) in [4.78, 5) is 14.5. The van der Waals surface area contributed by atoms with Crippen molar-refractivity contribution in [3.63, 3.8) is 0 Å². The van der Waals surface area contributed by atoms with Crippen LogP contribution in [0.25, 0.3) is 0 Å². The van der Waals surface area contributed by atoms with Crippen LogP contribution in [0.3, 0.4) is 0 Å². The number of rotatable bonds is 1. The fourth-order valence-electron chi connectivity index (χ4n) is 3.19. The van der Waals surface area contributed by atoms with Crippen LogP contribution in [0.5, 0.6) is 0 Å². The summed E-state index contributed by atoms with van der Waals surface area (Å²) in [5, 5.41) is 0. The average molecular weight is 236 g/mol. The molecule has 0 saturated heterocycles. The fraction of sp³-hybridized carbons (Fsp3) is 0.786. The van der Waals surface area contributed by atoms with Crippen LogP contribution in [0.15, 0.2) is 11.6 Å². The van der Waals surface area contributed by atoms with Gasteiger partial charge in [-0.15, -0.1) is 0 Å². The molecular formula is C14H24N2O. The van der Waals surface area contributed by atoms with Crippen LogP contribution in [-0.4, -0.2) is 29.4 Å². The van der Waals surface area contributed by atoms with Crippen molar-refractivity contribution in [3.05, 3.63) is 11.6 Å². The molecule has 0 aromatic rings. The summed E-state index contributed by atoms with van der Waals surface area (Å²) in [5.74, 6) is 0.760. The van der Waals surface area contributed by atoms with E-state index in [2.05, 4.69) is 19.9 Å². The summed E-state index contributed by atoms with van der Waals surface area (Å²) >= 11 is 0. The summed E-state index contributed by atoms with van der Waals surface area (Å²) in [7, 11) is 0. The molecule has 0 aromatic carbocycles. The first-order chi connectivity index (χ1) is 8.01. The largest absolute Gasteiger partial charge is 0.337 e. The van der Waals surface area contributed by atoms with Gasteiger partial charge >= 0.3 is 0 Å². The quantitative estimate of drug-likeness (QED) is 0.708. The molecule has 0 spiro atoms. The van der Waals surface area contributed by atoms with Gasteiger partial charge in [0.25, 0.3) is 0 Å². The standard InChI is InChI=1S/C14H24N2O/c1-11-5-3-7-14(15,9-11)13(17)16-8-4-6-12(2)10-16/h6,11H,3-5,7-10,15H2,1-2H3. The molecule has 2 atom stereocenters. The van der Waals surface area contributed by atoms with E-state index < -0.39 is 5.54 Å². The van der Waals surface area contributed by atoms with Gasteiger partial charge in [-0.05, 0) is 32.1 Å². The number of carbonyl (C=O) groups is 1. The molecule has 2 aliphatic rings. The van der Waals surface area contributed by atoms with Gasteiger partial charge in [0.1, 0.15) is 0 Å². The van der Waals surface area contributed by atoms with Crippen molar-refractivity contribution >= 4 is 5.91 Å². The minimum atomic E-state index is -0.588. The molecule has 1 aliphatic carbocycles. The van der Waals surface area contributed by atoms with Gasteiger partial charge in [0, 0.05) is 13.1 Å². The van der Waals surface area contributed by atoms with E-state index in [0.29, 0.717) is 5.92 Å². The maximum atomic E-state index is 12.5. The Kier molecular flexibility index (Phi) is 3.57. The van der Waals surface area contributed by atoms with Crippen LogP contribution in [0.4, 0.5) is 0 Å². The van der Waals surface area contributed by atoms with Gasteiger partial charge in [0.2, 0.25) is 5.91 Å². The van der Waals surface area contributed by atoms with Gasteiger partial charge in [-0.3, -0.25) is 4.79 Å². The smallest absolute Gasteiger partial charge is 0.242 e. The predicted molar refractivity (Wildman–Crippen MR) is 69.5 cm³/mol. The zero-order valence-electron chi connectivity index (χ0n) is 11.0. The van der Waals surface area contributed by atoms with Gasteiger partial charge in [0.05, 0.1) is 5.54 Å². The summed E-state index contributed by atoms with van der Waals surface area (Å²) in [6.45, 7) is 5.90. The molecule has 0 aromatic heterocycles. The van der Waals surface area contributed by atoms with Gasteiger partial charge in [-0.25, -0.2) is 0 Å². The summed E-state index contributed by atoms with van der Waals surface area (Å²) in [5.41, 5.74) is 7.06. The van der Waals surface area contributed by atoms with Crippen LogP contribution in [0.1, 0.15) is 46.0 Å². The molecule has 1 saturated carbocycles. The fourth-order valence-corrected chi connectivity index (χ4v) is 3.19. The lowest BCUT2D eigenvalue weighted by Crippen LogP contribution is -2.58. The third kappa shape index (κ3) is 2.71. The van der Waals surface area contributed by atoms with Gasteiger partial charge in [0.15, 0.2) is 0 Å². The molecule has 1 aliphatic heterocycles. The van der Waals surface area contributed by atoms with Crippen LogP contribution in [0.2, 0.25) is 0 Å². The first-order valence-corrected chi connectivity index (χ1v) is 6.75. The van der Waals surface area contributed by atoms with E-state index in [-0.39, 0.29) is 5.91 Å². The molecule has 17 heavy (non-hydrogen) atoms. The van der Waals surface area contributed by atoms with E-state index in [1.807, 2.05) is 4.90 Å². The third-order valence-electron chi connectivity index (χ3n) is 4.08. The van der Waals surface area contributed by atoms with E-state index in [0.717, 1.165) is 38.8 Å². The molecular weight excluding hydrogens is 212 g/mol. The molecule has 1 amide bonds. The normalized spacial score (nSPS) is 34.4. The number of nitrogens with two attached hydrogens (primary N) is 1. The Hall–Kier alpha value is -0.830. The minimum Gasteiger partial charge on any atom is -0.337 e. The molecule has 3 nitrogen and oxygen atoms in total. The first-order valence-electron chi connectivity index (χ1n) is 6.75. The Morgan fingerprint density at radius 1 is 1.59 bits per heavy atom. The predicted octanol–water partition coefficient (Wildman–Crippen LogP) is 2.07. The van der Waals surface area contributed by atoms with Crippen molar-refractivity contribution in [3.8, 4) is 0 Å². The molecule has 0 radical (unpaired) electrons. The molecule has 0 bridgehead atoms. The molecule has 2 N–H and O–H groups in total. The van der Waals surface area contributed by atoms with Crippen LogP contribution < -0.4 is 5.73 Å². The Bertz CT molecular complexity index is 337. The van der Waals surface area contributed by atoms with E-state index in [1.54, 1.807) is 0 Å². The zero-order chi connectivity index (χ0) is 12.5. The van der Waals surface area contributed by atoms with Crippen LogP contribution in [-0.2, 0) is 4.79 Å². The molecule has 2 unspecified atom stereocenters. The first kappa shape index (κ1) is 12.6. The molecule has 2 rings (SSSR count). The van der Waals surface area contributed by atoms with Crippen molar-refractivity contribution in [1.29, 1.82) is 0 Å². The highest BCUT2D eigenvalue weighted by molar-refractivity contribution is 5.86. The Morgan fingerprint density at radius 2 is 2.35 bits per heavy atom. The van der Waals surface area contributed by atoms with Crippen molar-refractivity contribution in [1.82, 2.24) is 4.90 Å². The highest BCUT2D eigenvalue weighted by Gasteiger charge is 2.40. The number of hydrogen-bond donors (Lipinski definition) is 1. The van der Waals surface area contributed by atoms with E-state index in [4.69, 9.17) is 5.73 Å². The zero-order valence-corrected chi connectivity index (χ0v) is 11.0. The highest BCUT2D eigenvalue weighted by Crippen LogP contribution is 2.32. The molecule has 96 valence electrons. The molecule has 1 heterocycles. The minimum absolute atomic E-state index is 0.177. The third-order valence-corrected chi connectivity index (χ3v) is 4.08.